The van der Waals surface area contributed by atoms with Gasteiger partial charge in [0.05, 0.1) is 10.6 Å². The summed E-state index contributed by atoms with van der Waals surface area (Å²) >= 11 is 11.4. The van der Waals surface area contributed by atoms with Crippen LogP contribution in [0.15, 0.2) is 18.2 Å². The number of nitrogens with two attached hydrogens (primary N) is 1. The summed E-state index contributed by atoms with van der Waals surface area (Å²) in [5, 5.41) is 0.612. The molecule has 1 rings (SSSR count). The van der Waals surface area contributed by atoms with Gasteiger partial charge in [-0.25, -0.2) is 0 Å². The molecule has 0 radical (unpaired) electrons. The lowest BCUT2D eigenvalue weighted by Gasteiger charge is -2.33. The Labute approximate surface area is 126 Å². The normalized spacial score (nSPS) is 12.5. The van der Waals surface area contributed by atoms with Crippen LogP contribution in [0.4, 0.5) is 5.69 Å². The Morgan fingerprint density at radius 1 is 1.42 bits per heavy atom. The Hall–Kier alpha value is -0.840. The van der Waals surface area contributed by atoms with Crippen molar-refractivity contribution in [3.63, 3.8) is 0 Å². The molecule has 0 amide bonds. The van der Waals surface area contributed by atoms with Gasteiger partial charge in [0.1, 0.15) is 4.99 Å². The van der Waals surface area contributed by atoms with E-state index in [-0.39, 0.29) is 0 Å². The number of halogens is 1. The molecule has 106 valence electrons. The van der Waals surface area contributed by atoms with Crippen molar-refractivity contribution in [2.45, 2.75) is 19.9 Å². The van der Waals surface area contributed by atoms with E-state index in [0.29, 0.717) is 16.1 Å². The molecule has 0 aliphatic rings. The number of nitrogens with zero attached hydrogens (tertiary/aromatic N) is 2. The molecule has 0 saturated heterocycles. The Morgan fingerprint density at radius 3 is 2.53 bits per heavy atom. The van der Waals surface area contributed by atoms with Crippen LogP contribution in [0.2, 0.25) is 5.02 Å². The quantitative estimate of drug-likeness (QED) is 0.819. The van der Waals surface area contributed by atoms with Crippen LogP contribution < -0.4 is 10.6 Å². The summed E-state index contributed by atoms with van der Waals surface area (Å²) in [5.41, 5.74) is 7.60. The molecule has 3 nitrogen and oxygen atoms in total. The fourth-order valence-electron chi connectivity index (χ4n) is 2.34. The molecule has 1 atom stereocenters. The molecule has 19 heavy (non-hydrogen) atoms. The van der Waals surface area contributed by atoms with E-state index >= 15 is 0 Å². The lowest BCUT2D eigenvalue weighted by molar-refractivity contribution is 0.373. The number of anilines is 1. The van der Waals surface area contributed by atoms with E-state index in [9.17, 15) is 0 Å². The van der Waals surface area contributed by atoms with Crippen molar-refractivity contribution in [2.24, 2.45) is 5.73 Å². The number of thiocarbonyl (C=S) groups is 1. The van der Waals surface area contributed by atoms with Gasteiger partial charge < -0.3 is 15.5 Å². The highest BCUT2D eigenvalue weighted by molar-refractivity contribution is 7.80. The molecule has 0 bridgehead atoms. The standard InChI is InChI=1S/C14H22ClN3S/c1-5-18(10(2)9-17(3)4)12-8-6-7-11(15)13(12)14(16)19/h6-8,10H,5,9H2,1-4H3,(H2,16,19). The van der Waals surface area contributed by atoms with E-state index in [1.807, 2.05) is 18.2 Å². The summed E-state index contributed by atoms with van der Waals surface area (Å²) in [6.07, 6.45) is 0. The Morgan fingerprint density at radius 2 is 2.05 bits per heavy atom. The van der Waals surface area contributed by atoms with Crippen LogP contribution >= 0.6 is 23.8 Å². The SMILES string of the molecule is CCN(c1cccc(Cl)c1C(N)=S)C(C)CN(C)C. The highest BCUT2D eigenvalue weighted by atomic mass is 35.5. The van der Waals surface area contributed by atoms with Crippen LogP contribution in [0.1, 0.15) is 19.4 Å². The maximum atomic E-state index is 6.23. The first-order chi connectivity index (χ1) is 8.88. The predicted octanol–water partition coefficient (Wildman–Crippen LogP) is 2.75. The fourth-order valence-corrected chi connectivity index (χ4v) is 2.88. The molecule has 0 heterocycles. The van der Waals surface area contributed by atoms with Crippen molar-refractivity contribution in [2.75, 3.05) is 32.1 Å². The van der Waals surface area contributed by atoms with Crippen LogP contribution in [0.3, 0.4) is 0 Å². The van der Waals surface area contributed by atoms with Gasteiger partial charge in [0, 0.05) is 24.8 Å². The Kier molecular flexibility index (Phi) is 6.04. The lowest BCUT2D eigenvalue weighted by Crippen LogP contribution is -2.41. The predicted molar refractivity (Wildman–Crippen MR) is 88.4 cm³/mol. The molecule has 0 aromatic heterocycles. The first-order valence-electron chi connectivity index (χ1n) is 6.38. The zero-order valence-electron chi connectivity index (χ0n) is 12.0. The topological polar surface area (TPSA) is 32.5 Å². The minimum absolute atomic E-state index is 0.344. The fraction of sp³-hybridized carbons (Fsp3) is 0.500. The average molecular weight is 300 g/mol. The molecule has 0 spiro atoms. The summed E-state index contributed by atoms with van der Waals surface area (Å²) in [5.74, 6) is 0. The van der Waals surface area contributed by atoms with Gasteiger partial charge in [0.15, 0.2) is 0 Å². The van der Waals surface area contributed by atoms with E-state index in [0.717, 1.165) is 24.3 Å². The second-order valence-electron chi connectivity index (χ2n) is 4.90. The molecule has 0 saturated carbocycles. The van der Waals surface area contributed by atoms with Crippen molar-refractivity contribution in [1.82, 2.24) is 4.90 Å². The molecular formula is C14H22ClN3S. The third-order valence-electron chi connectivity index (χ3n) is 3.05. The second-order valence-corrected chi connectivity index (χ2v) is 5.74. The number of hydrogen-bond acceptors (Lipinski definition) is 3. The Bertz CT molecular complexity index is 448. The van der Waals surface area contributed by atoms with Crippen LogP contribution in [0.5, 0.6) is 0 Å². The maximum absolute atomic E-state index is 6.23. The molecule has 2 N–H and O–H groups in total. The summed E-state index contributed by atoms with van der Waals surface area (Å²) in [4.78, 5) is 4.79. The van der Waals surface area contributed by atoms with Crippen LogP contribution in [0, 0.1) is 0 Å². The lowest BCUT2D eigenvalue weighted by atomic mass is 10.1. The van der Waals surface area contributed by atoms with Gasteiger partial charge in [0.2, 0.25) is 0 Å². The maximum Gasteiger partial charge on any atom is 0.107 e. The first kappa shape index (κ1) is 16.2. The molecule has 1 aromatic rings. The zero-order chi connectivity index (χ0) is 14.6. The largest absolute Gasteiger partial charge is 0.389 e. The highest BCUT2D eigenvalue weighted by Crippen LogP contribution is 2.28. The van der Waals surface area contributed by atoms with Crippen molar-refractivity contribution in [3.05, 3.63) is 28.8 Å². The minimum atomic E-state index is 0.344. The van der Waals surface area contributed by atoms with Crippen molar-refractivity contribution >= 4 is 34.5 Å². The van der Waals surface area contributed by atoms with E-state index in [4.69, 9.17) is 29.6 Å². The van der Waals surface area contributed by atoms with Gasteiger partial charge in [0.25, 0.3) is 0 Å². The molecule has 0 aliphatic heterocycles. The van der Waals surface area contributed by atoms with Gasteiger partial charge in [-0.3, -0.25) is 0 Å². The van der Waals surface area contributed by atoms with Gasteiger partial charge >= 0.3 is 0 Å². The summed E-state index contributed by atoms with van der Waals surface area (Å²) in [7, 11) is 4.13. The zero-order valence-corrected chi connectivity index (χ0v) is 13.6. The van der Waals surface area contributed by atoms with E-state index in [1.165, 1.54) is 0 Å². The molecule has 1 unspecified atom stereocenters. The monoisotopic (exact) mass is 299 g/mol. The first-order valence-corrected chi connectivity index (χ1v) is 7.16. The van der Waals surface area contributed by atoms with Gasteiger partial charge in [-0.15, -0.1) is 0 Å². The molecule has 1 aromatic carbocycles. The van der Waals surface area contributed by atoms with Crippen molar-refractivity contribution in [3.8, 4) is 0 Å². The van der Waals surface area contributed by atoms with E-state index < -0.39 is 0 Å². The van der Waals surface area contributed by atoms with Gasteiger partial charge in [-0.2, -0.15) is 0 Å². The van der Waals surface area contributed by atoms with Crippen LogP contribution in [-0.2, 0) is 0 Å². The molecule has 5 heteroatoms. The molecule has 0 aliphatic carbocycles. The number of benzene rings is 1. The average Bonchev–Trinajstić information content (AvgIpc) is 2.28. The minimum Gasteiger partial charge on any atom is -0.389 e. The third kappa shape index (κ3) is 4.06. The number of likely N-dealkylation sites (N-methyl/N-ethyl adjacent to an activating group) is 2. The highest BCUT2D eigenvalue weighted by Gasteiger charge is 2.19. The number of rotatable bonds is 6. The third-order valence-corrected chi connectivity index (χ3v) is 3.57. The number of hydrogen-bond donors (Lipinski definition) is 1. The van der Waals surface area contributed by atoms with Gasteiger partial charge in [-0.05, 0) is 40.1 Å². The molecular weight excluding hydrogens is 278 g/mol. The summed E-state index contributed by atoms with van der Waals surface area (Å²) in [6.45, 7) is 6.15. The Balaban J connectivity index is 3.18. The summed E-state index contributed by atoms with van der Waals surface area (Å²) < 4.78 is 0. The van der Waals surface area contributed by atoms with E-state index in [1.54, 1.807) is 0 Å². The van der Waals surface area contributed by atoms with Crippen molar-refractivity contribution in [1.29, 1.82) is 0 Å². The smallest absolute Gasteiger partial charge is 0.107 e. The second kappa shape index (κ2) is 7.08. The van der Waals surface area contributed by atoms with Crippen LogP contribution in [-0.4, -0.2) is 43.1 Å². The summed E-state index contributed by atoms with van der Waals surface area (Å²) in [6, 6.07) is 6.14. The van der Waals surface area contributed by atoms with Crippen molar-refractivity contribution < 1.29 is 0 Å². The van der Waals surface area contributed by atoms with E-state index in [2.05, 4.69) is 37.7 Å². The van der Waals surface area contributed by atoms with Crippen LogP contribution in [0.25, 0.3) is 0 Å². The molecule has 0 fully saturated rings. The van der Waals surface area contributed by atoms with Gasteiger partial charge in [-0.1, -0.05) is 29.9 Å².